The van der Waals surface area contributed by atoms with E-state index in [1.165, 1.54) is 30.4 Å². The van der Waals surface area contributed by atoms with Crippen LogP contribution in [0.25, 0.3) is 0 Å². The van der Waals surface area contributed by atoms with E-state index in [0.29, 0.717) is 19.5 Å². The summed E-state index contributed by atoms with van der Waals surface area (Å²) < 4.78 is 11.3. The van der Waals surface area contributed by atoms with Crippen molar-refractivity contribution in [2.75, 3.05) is 26.4 Å². The SMILES string of the molecule is C/C=C(\C)CC.CCCC(C)(C)c1ccc(Cl)cc1.OCCNCCCF. The number of aliphatic hydroxyl groups is 1. The summed E-state index contributed by atoms with van der Waals surface area (Å²) in [4.78, 5) is 0. The molecule has 0 atom stereocenters. The van der Waals surface area contributed by atoms with Gasteiger partial charge < -0.3 is 10.4 Å². The van der Waals surface area contributed by atoms with Crippen molar-refractivity contribution in [2.24, 2.45) is 0 Å². The number of allylic oxidation sites excluding steroid dienone is 2. The van der Waals surface area contributed by atoms with E-state index < -0.39 is 0 Å². The maximum atomic E-state index is 11.3. The molecule has 0 amide bonds. The lowest BCUT2D eigenvalue weighted by Crippen LogP contribution is -2.19. The Labute approximate surface area is 172 Å². The van der Waals surface area contributed by atoms with Crippen LogP contribution in [0, 0.1) is 0 Å². The van der Waals surface area contributed by atoms with E-state index in [2.05, 4.69) is 65.1 Å². The smallest absolute Gasteiger partial charge is 0.0906 e. The van der Waals surface area contributed by atoms with E-state index in [1.807, 2.05) is 12.1 Å². The number of aliphatic hydroxyl groups excluding tert-OH is 1. The lowest BCUT2D eigenvalue weighted by Gasteiger charge is -2.24. The number of alkyl halides is 1. The first-order valence-corrected chi connectivity index (χ1v) is 10.4. The number of nitrogens with one attached hydrogen (secondary N) is 1. The molecule has 158 valence electrons. The van der Waals surface area contributed by atoms with E-state index in [4.69, 9.17) is 16.7 Å². The third-order valence-electron chi connectivity index (χ3n) is 4.33. The summed E-state index contributed by atoms with van der Waals surface area (Å²) in [6.45, 7) is 14.2. The van der Waals surface area contributed by atoms with Gasteiger partial charge in [0.15, 0.2) is 0 Å². The molecule has 0 bridgehead atoms. The molecule has 1 aromatic rings. The van der Waals surface area contributed by atoms with Crippen molar-refractivity contribution in [3.05, 3.63) is 46.5 Å². The van der Waals surface area contributed by atoms with Crippen LogP contribution in [0.2, 0.25) is 5.02 Å². The Morgan fingerprint density at radius 2 is 1.78 bits per heavy atom. The molecule has 0 saturated heterocycles. The fourth-order valence-electron chi connectivity index (χ4n) is 2.27. The van der Waals surface area contributed by atoms with Crippen molar-refractivity contribution in [3.63, 3.8) is 0 Å². The number of rotatable bonds is 9. The molecule has 1 aromatic carbocycles. The first-order chi connectivity index (χ1) is 12.8. The Hall–Kier alpha value is -0.900. The molecule has 0 aliphatic heterocycles. The minimum Gasteiger partial charge on any atom is -0.395 e. The molecule has 0 aliphatic rings. The summed E-state index contributed by atoms with van der Waals surface area (Å²) >= 11 is 5.84. The van der Waals surface area contributed by atoms with Crippen LogP contribution in [0.15, 0.2) is 35.9 Å². The lowest BCUT2D eigenvalue weighted by atomic mass is 9.81. The minimum atomic E-state index is -0.279. The largest absolute Gasteiger partial charge is 0.395 e. The summed E-state index contributed by atoms with van der Waals surface area (Å²) in [5, 5.41) is 11.9. The van der Waals surface area contributed by atoms with Crippen molar-refractivity contribution in [1.82, 2.24) is 5.32 Å². The Bertz CT molecular complexity index is 466. The molecule has 0 unspecified atom stereocenters. The highest BCUT2D eigenvalue weighted by Gasteiger charge is 2.18. The van der Waals surface area contributed by atoms with E-state index in [-0.39, 0.29) is 18.7 Å². The summed E-state index contributed by atoms with van der Waals surface area (Å²) in [6, 6.07) is 8.18. The summed E-state index contributed by atoms with van der Waals surface area (Å²) in [5.74, 6) is 0. The highest BCUT2D eigenvalue weighted by atomic mass is 35.5. The normalized spacial score (nSPS) is 11.2. The van der Waals surface area contributed by atoms with Gasteiger partial charge in [-0.1, -0.05) is 69.5 Å². The molecule has 0 radical (unpaired) electrons. The molecule has 0 heterocycles. The van der Waals surface area contributed by atoms with Gasteiger partial charge in [-0.15, -0.1) is 0 Å². The van der Waals surface area contributed by atoms with Crippen LogP contribution in [0.4, 0.5) is 4.39 Å². The van der Waals surface area contributed by atoms with Gasteiger partial charge in [0, 0.05) is 11.6 Å². The highest BCUT2D eigenvalue weighted by molar-refractivity contribution is 6.30. The minimum absolute atomic E-state index is 0.131. The second kappa shape index (κ2) is 18.5. The second-order valence-corrected chi connectivity index (χ2v) is 7.58. The van der Waals surface area contributed by atoms with E-state index in [0.717, 1.165) is 5.02 Å². The van der Waals surface area contributed by atoms with Crippen LogP contribution < -0.4 is 5.32 Å². The standard InChI is InChI=1S/C12H17Cl.C6H12.C5H12FNO/c1-4-9-12(2,3)10-5-7-11(13)8-6-10;1-4-6(3)5-2;6-2-1-3-7-4-5-8/h5-8H,4,9H2,1-3H3;4H,5H2,1-3H3;7-8H,1-5H2/b;6-4+;. The highest BCUT2D eigenvalue weighted by Crippen LogP contribution is 2.28. The van der Waals surface area contributed by atoms with Crippen molar-refractivity contribution in [2.45, 2.75) is 72.6 Å². The quantitative estimate of drug-likeness (QED) is 0.356. The van der Waals surface area contributed by atoms with Crippen LogP contribution in [-0.2, 0) is 5.41 Å². The van der Waals surface area contributed by atoms with Crippen molar-refractivity contribution in [1.29, 1.82) is 0 Å². The predicted molar refractivity (Wildman–Crippen MR) is 120 cm³/mol. The maximum Gasteiger partial charge on any atom is 0.0906 e. The van der Waals surface area contributed by atoms with Crippen molar-refractivity contribution in [3.8, 4) is 0 Å². The number of halogens is 2. The molecule has 0 aliphatic carbocycles. The topological polar surface area (TPSA) is 32.3 Å². The molecule has 4 heteroatoms. The average Bonchev–Trinajstić information content (AvgIpc) is 2.66. The third-order valence-corrected chi connectivity index (χ3v) is 4.58. The van der Waals surface area contributed by atoms with Crippen LogP contribution in [-0.4, -0.2) is 31.5 Å². The van der Waals surface area contributed by atoms with Crippen LogP contribution in [0.5, 0.6) is 0 Å². The van der Waals surface area contributed by atoms with Gasteiger partial charge in [0.1, 0.15) is 0 Å². The van der Waals surface area contributed by atoms with Crippen molar-refractivity contribution >= 4 is 11.6 Å². The third kappa shape index (κ3) is 17.0. The van der Waals surface area contributed by atoms with Crippen LogP contribution in [0.1, 0.15) is 72.8 Å². The van der Waals surface area contributed by atoms with Gasteiger partial charge >= 0.3 is 0 Å². The average molecular weight is 402 g/mol. The molecule has 27 heavy (non-hydrogen) atoms. The van der Waals surface area contributed by atoms with Gasteiger partial charge in [-0.05, 0) is 62.8 Å². The number of hydrogen-bond acceptors (Lipinski definition) is 2. The monoisotopic (exact) mass is 401 g/mol. The molecule has 0 fully saturated rings. The Morgan fingerprint density at radius 3 is 2.15 bits per heavy atom. The van der Waals surface area contributed by atoms with E-state index in [1.54, 1.807) is 0 Å². The number of hydrogen-bond donors (Lipinski definition) is 2. The predicted octanol–water partition coefficient (Wildman–Crippen LogP) is 6.71. The molecule has 0 saturated carbocycles. The van der Waals surface area contributed by atoms with Gasteiger partial charge in [0.2, 0.25) is 0 Å². The Morgan fingerprint density at radius 1 is 1.19 bits per heavy atom. The van der Waals surface area contributed by atoms with Crippen LogP contribution >= 0.6 is 11.6 Å². The molecule has 0 spiro atoms. The molecule has 2 N–H and O–H groups in total. The molecule has 1 rings (SSSR count). The fraction of sp³-hybridized carbons (Fsp3) is 0.652. The van der Waals surface area contributed by atoms with Gasteiger partial charge in [-0.3, -0.25) is 4.39 Å². The molecular weight excluding hydrogens is 361 g/mol. The number of benzene rings is 1. The van der Waals surface area contributed by atoms with E-state index >= 15 is 0 Å². The summed E-state index contributed by atoms with van der Waals surface area (Å²) in [6.07, 6.45) is 6.31. The van der Waals surface area contributed by atoms with Gasteiger partial charge in [0.25, 0.3) is 0 Å². The van der Waals surface area contributed by atoms with Gasteiger partial charge in [-0.25, -0.2) is 0 Å². The van der Waals surface area contributed by atoms with E-state index in [9.17, 15) is 4.39 Å². The molecule has 2 nitrogen and oxygen atoms in total. The molecule has 0 aromatic heterocycles. The lowest BCUT2D eigenvalue weighted by molar-refractivity contribution is 0.291. The van der Waals surface area contributed by atoms with Crippen molar-refractivity contribution < 1.29 is 9.50 Å². The maximum absolute atomic E-state index is 11.3. The summed E-state index contributed by atoms with van der Waals surface area (Å²) in [5.41, 5.74) is 3.12. The first-order valence-electron chi connectivity index (χ1n) is 10.0. The fourth-order valence-corrected chi connectivity index (χ4v) is 2.40. The Kier molecular flexibility index (Phi) is 19.4. The first kappa shape index (κ1) is 28.3. The van der Waals surface area contributed by atoms with Gasteiger partial charge in [0.05, 0.1) is 13.3 Å². The Balaban J connectivity index is 0. The summed E-state index contributed by atoms with van der Waals surface area (Å²) in [7, 11) is 0. The zero-order valence-electron chi connectivity index (χ0n) is 18.2. The zero-order valence-corrected chi connectivity index (χ0v) is 19.0. The van der Waals surface area contributed by atoms with Gasteiger partial charge in [-0.2, -0.15) is 0 Å². The zero-order chi connectivity index (χ0) is 21.1. The van der Waals surface area contributed by atoms with Crippen LogP contribution in [0.3, 0.4) is 0 Å². The second-order valence-electron chi connectivity index (χ2n) is 7.15. The molecular formula is C23H41ClFNO.